The molecule has 1 amide bonds. The molecule has 0 saturated heterocycles. The second-order valence-corrected chi connectivity index (χ2v) is 7.96. The summed E-state index contributed by atoms with van der Waals surface area (Å²) in [5.74, 6) is 0.0401. The average Bonchev–Trinajstić information content (AvgIpc) is 3.07. The van der Waals surface area contributed by atoms with Crippen molar-refractivity contribution in [2.45, 2.75) is 43.5 Å². The molecule has 1 heterocycles. The van der Waals surface area contributed by atoms with E-state index < -0.39 is 15.9 Å². The van der Waals surface area contributed by atoms with Crippen LogP contribution < -0.4 is 10.0 Å². The first-order valence-electron chi connectivity index (χ1n) is 8.31. The number of amides is 1. The van der Waals surface area contributed by atoms with E-state index >= 15 is 0 Å². The average molecular weight is 359 g/mol. The Labute approximate surface area is 147 Å². The summed E-state index contributed by atoms with van der Waals surface area (Å²) < 4.78 is 27.7. The number of rotatable bonds is 5. The van der Waals surface area contributed by atoms with Gasteiger partial charge in [-0.1, -0.05) is 25.0 Å². The normalized spacial score (nSPS) is 15.2. The molecule has 0 spiro atoms. The molecule has 1 aromatic carbocycles. The molecular weight excluding hydrogens is 338 g/mol. The SMILES string of the molecule is Cc1cccc(NC(=O)c2cccc(S(=O)(=O)NC3CCCC3)c2)n1. The molecule has 1 saturated carbocycles. The fourth-order valence-electron chi connectivity index (χ4n) is 2.94. The van der Waals surface area contributed by atoms with Crippen molar-refractivity contribution in [3.05, 3.63) is 53.7 Å². The first kappa shape index (κ1) is 17.6. The third kappa shape index (κ3) is 4.43. The highest BCUT2D eigenvalue weighted by atomic mass is 32.2. The molecule has 1 aliphatic rings. The molecule has 0 bridgehead atoms. The van der Waals surface area contributed by atoms with Crippen molar-refractivity contribution >= 4 is 21.7 Å². The number of hydrogen-bond donors (Lipinski definition) is 2. The Morgan fingerprint density at radius 2 is 1.84 bits per heavy atom. The standard InChI is InChI=1S/C18H21N3O3S/c1-13-6-4-11-17(19-13)20-18(22)14-7-5-10-16(12-14)25(23,24)21-15-8-2-3-9-15/h4-7,10-12,15,21H,2-3,8-9H2,1H3,(H,19,20,22). The van der Waals surface area contributed by atoms with Crippen LogP contribution in [-0.4, -0.2) is 25.4 Å². The molecule has 1 aliphatic carbocycles. The van der Waals surface area contributed by atoms with Gasteiger partial charge in [0.1, 0.15) is 5.82 Å². The number of nitrogens with one attached hydrogen (secondary N) is 2. The lowest BCUT2D eigenvalue weighted by Gasteiger charge is -2.13. The van der Waals surface area contributed by atoms with E-state index in [0.717, 1.165) is 31.4 Å². The fourth-order valence-corrected chi connectivity index (χ4v) is 4.29. The topological polar surface area (TPSA) is 88.2 Å². The highest BCUT2D eigenvalue weighted by molar-refractivity contribution is 7.89. The minimum atomic E-state index is -3.62. The van der Waals surface area contributed by atoms with Crippen molar-refractivity contribution in [2.75, 3.05) is 5.32 Å². The van der Waals surface area contributed by atoms with E-state index in [4.69, 9.17) is 0 Å². The minimum absolute atomic E-state index is 0.0148. The summed E-state index contributed by atoms with van der Waals surface area (Å²) in [5.41, 5.74) is 1.06. The minimum Gasteiger partial charge on any atom is -0.307 e. The van der Waals surface area contributed by atoms with Crippen LogP contribution in [0.15, 0.2) is 47.4 Å². The molecule has 6 nitrogen and oxygen atoms in total. The van der Waals surface area contributed by atoms with Gasteiger partial charge in [0.25, 0.3) is 5.91 Å². The number of aromatic nitrogens is 1. The Hall–Kier alpha value is -2.25. The molecule has 2 N–H and O–H groups in total. The highest BCUT2D eigenvalue weighted by Gasteiger charge is 2.23. The highest BCUT2D eigenvalue weighted by Crippen LogP contribution is 2.21. The molecular formula is C18H21N3O3S. The molecule has 132 valence electrons. The Kier molecular flexibility index (Phi) is 5.15. The fraction of sp³-hybridized carbons (Fsp3) is 0.333. The van der Waals surface area contributed by atoms with E-state index in [0.29, 0.717) is 5.82 Å². The molecule has 1 aromatic heterocycles. The van der Waals surface area contributed by atoms with Crippen LogP contribution >= 0.6 is 0 Å². The maximum Gasteiger partial charge on any atom is 0.256 e. The van der Waals surface area contributed by atoms with Crippen molar-refractivity contribution < 1.29 is 13.2 Å². The number of anilines is 1. The lowest BCUT2D eigenvalue weighted by atomic mass is 10.2. The number of hydrogen-bond acceptors (Lipinski definition) is 4. The van der Waals surface area contributed by atoms with Crippen LogP contribution in [0.2, 0.25) is 0 Å². The van der Waals surface area contributed by atoms with Gasteiger partial charge in [-0.25, -0.2) is 18.1 Å². The van der Waals surface area contributed by atoms with Gasteiger partial charge in [-0.05, 0) is 50.1 Å². The Balaban J connectivity index is 1.77. The third-order valence-electron chi connectivity index (χ3n) is 4.21. The van der Waals surface area contributed by atoms with Crippen LogP contribution in [0.3, 0.4) is 0 Å². The lowest BCUT2D eigenvalue weighted by Crippen LogP contribution is -2.32. The van der Waals surface area contributed by atoms with E-state index in [-0.39, 0.29) is 16.5 Å². The first-order valence-corrected chi connectivity index (χ1v) is 9.80. The Bertz CT molecular complexity index is 875. The summed E-state index contributed by atoms with van der Waals surface area (Å²) in [7, 11) is -3.62. The van der Waals surface area contributed by atoms with Gasteiger partial charge >= 0.3 is 0 Å². The van der Waals surface area contributed by atoms with Gasteiger partial charge in [0.2, 0.25) is 10.0 Å². The first-order chi connectivity index (χ1) is 11.9. The van der Waals surface area contributed by atoms with Gasteiger partial charge in [0.15, 0.2) is 0 Å². The van der Waals surface area contributed by atoms with Gasteiger partial charge in [0.05, 0.1) is 4.90 Å². The molecule has 0 atom stereocenters. The second-order valence-electron chi connectivity index (χ2n) is 6.25. The van der Waals surface area contributed by atoms with Crippen molar-refractivity contribution in [3.8, 4) is 0 Å². The second kappa shape index (κ2) is 7.33. The van der Waals surface area contributed by atoms with Crippen molar-refractivity contribution in [1.82, 2.24) is 9.71 Å². The van der Waals surface area contributed by atoms with Crippen LogP contribution in [0.5, 0.6) is 0 Å². The molecule has 7 heteroatoms. The number of carbonyl (C=O) groups is 1. The van der Waals surface area contributed by atoms with E-state index in [1.165, 1.54) is 12.1 Å². The third-order valence-corrected chi connectivity index (χ3v) is 5.73. The van der Waals surface area contributed by atoms with Crippen LogP contribution in [0.25, 0.3) is 0 Å². The predicted molar refractivity (Wildman–Crippen MR) is 95.9 cm³/mol. The Morgan fingerprint density at radius 1 is 1.12 bits per heavy atom. The summed E-state index contributed by atoms with van der Waals surface area (Å²) in [5, 5.41) is 2.69. The maximum atomic E-state index is 12.5. The van der Waals surface area contributed by atoms with E-state index in [1.54, 1.807) is 24.3 Å². The van der Waals surface area contributed by atoms with E-state index in [1.807, 2.05) is 13.0 Å². The Morgan fingerprint density at radius 3 is 2.56 bits per heavy atom. The summed E-state index contributed by atoms with van der Waals surface area (Å²) >= 11 is 0. The number of carbonyl (C=O) groups excluding carboxylic acids is 1. The number of benzene rings is 1. The van der Waals surface area contributed by atoms with Gasteiger partial charge < -0.3 is 5.32 Å². The number of sulfonamides is 1. The number of pyridine rings is 1. The molecule has 3 rings (SSSR count). The van der Waals surface area contributed by atoms with Gasteiger partial charge in [-0.2, -0.15) is 0 Å². The summed E-state index contributed by atoms with van der Waals surface area (Å²) in [6.45, 7) is 1.83. The summed E-state index contributed by atoms with van der Waals surface area (Å²) in [6, 6.07) is 11.3. The van der Waals surface area contributed by atoms with Crippen molar-refractivity contribution in [1.29, 1.82) is 0 Å². The summed E-state index contributed by atoms with van der Waals surface area (Å²) in [4.78, 5) is 16.7. The van der Waals surface area contributed by atoms with E-state index in [2.05, 4.69) is 15.0 Å². The van der Waals surface area contributed by atoms with Gasteiger partial charge in [-0.15, -0.1) is 0 Å². The van der Waals surface area contributed by atoms with Crippen molar-refractivity contribution in [2.24, 2.45) is 0 Å². The lowest BCUT2D eigenvalue weighted by molar-refractivity contribution is 0.102. The largest absolute Gasteiger partial charge is 0.307 e. The smallest absolute Gasteiger partial charge is 0.256 e. The van der Waals surface area contributed by atoms with E-state index in [9.17, 15) is 13.2 Å². The molecule has 25 heavy (non-hydrogen) atoms. The molecule has 2 aromatic rings. The zero-order valence-corrected chi connectivity index (χ0v) is 14.8. The maximum absolute atomic E-state index is 12.5. The van der Waals surface area contributed by atoms with Gasteiger partial charge in [0, 0.05) is 17.3 Å². The zero-order valence-electron chi connectivity index (χ0n) is 14.0. The van der Waals surface area contributed by atoms with Gasteiger partial charge in [-0.3, -0.25) is 4.79 Å². The molecule has 0 radical (unpaired) electrons. The monoisotopic (exact) mass is 359 g/mol. The quantitative estimate of drug-likeness (QED) is 0.859. The number of aryl methyl sites for hydroxylation is 1. The van der Waals surface area contributed by atoms with Crippen molar-refractivity contribution in [3.63, 3.8) is 0 Å². The number of nitrogens with zero attached hydrogens (tertiary/aromatic N) is 1. The molecule has 0 unspecified atom stereocenters. The molecule has 1 fully saturated rings. The summed E-state index contributed by atoms with van der Waals surface area (Å²) in [6.07, 6.45) is 3.80. The van der Waals surface area contributed by atoms with Crippen LogP contribution in [0, 0.1) is 6.92 Å². The van der Waals surface area contributed by atoms with Crippen LogP contribution in [-0.2, 0) is 10.0 Å². The predicted octanol–water partition coefficient (Wildman–Crippen LogP) is 2.86. The molecule has 0 aliphatic heterocycles. The van der Waals surface area contributed by atoms with Crippen LogP contribution in [0.1, 0.15) is 41.7 Å². The zero-order chi connectivity index (χ0) is 17.9. The van der Waals surface area contributed by atoms with Crippen LogP contribution in [0.4, 0.5) is 5.82 Å².